The normalized spacial score (nSPS) is 24.3. The van der Waals surface area contributed by atoms with Gasteiger partial charge >= 0.3 is 5.97 Å². The lowest BCUT2D eigenvalue weighted by Crippen LogP contribution is -2.45. The second kappa shape index (κ2) is 5.39. The lowest BCUT2D eigenvalue weighted by Gasteiger charge is -2.37. The number of aromatic hydroxyl groups is 1. The van der Waals surface area contributed by atoms with Crippen LogP contribution in [-0.2, 0) is 11.3 Å². The molecule has 0 saturated carbocycles. The van der Waals surface area contributed by atoms with Crippen LogP contribution in [0.5, 0.6) is 5.75 Å². The number of phenols is 1. The van der Waals surface area contributed by atoms with E-state index >= 15 is 0 Å². The van der Waals surface area contributed by atoms with E-state index in [2.05, 4.69) is 4.90 Å². The fourth-order valence-corrected chi connectivity index (χ4v) is 2.76. The van der Waals surface area contributed by atoms with Gasteiger partial charge in [-0.25, -0.2) is 0 Å². The van der Waals surface area contributed by atoms with Crippen LogP contribution >= 0.6 is 11.6 Å². The number of aliphatic carboxylic acids is 1. The lowest BCUT2D eigenvalue weighted by atomic mass is 9.82. The summed E-state index contributed by atoms with van der Waals surface area (Å²) in [6.45, 7) is 3.89. The predicted molar refractivity (Wildman–Crippen MR) is 73.4 cm³/mol. The summed E-state index contributed by atoms with van der Waals surface area (Å²) in [5.74, 6) is -0.666. The van der Waals surface area contributed by atoms with Gasteiger partial charge in [0.05, 0.1) is 10.4 Å². The van der Waals surface area contributed by atoms with E-state index < -0.39 is 11.4 Å². The second-order valence-corrected chi connectivity index (χ2v) is 5.87. The molecule has 1 aliphatic heterocycles. The molecule has 2 rings (SSSR count). The summed E-state index contributed by atoms with van der Waals surface area (Å²) in [5.41, 5.74) is 0.316. The number of carboxylic acids is 1. The molecular weight excluding hydrogens is 266 g/mol. The molecule has 0 bridgehead atoms. The van der Waals surface area contributed by atoms with E-state index in [1.54, 1.807) is 19.1 Å². The van der Waals surface area contributed by atoms with Crippen LogP contribution in [-0.4, -0.2) is 34.2 Å². The van der Waals surface area contributed by atoms with Gasteiger partial charge in [-0.05, 0) is 44.0 Å². The molecule has 0 aliphatic carbocycles. The SMILES string of the molecule is CC1(C(=O)O)CCCN(Cc2ccc(O)c(Cl)c2)C1. The largest absolute Gasteiger partial charge is 0.506 e. The molecule has 0 spiro atoms. The Morgan fingerprint density at radius 2 is 2.26 bits per heavy atom. The summed E-state index contributed by atoms with van der Waals surface area (Å²) in [6.07, 6.45) is 1.60. The van der Waals surface area contributed by atoms with E-state index in [9.17, 15) is 15.0 Å². The molecule has 0 aromatic heterocycles. The Kier molecular flexibility index (Phi) is 4.02. The van der Waals surface area contributed by atoms with Gasteiger partial charge in [-0.2, -0.15) is 0 Å². The average Bonchev–Trinajstić information content (AvgIpc) is 2.34. The van der Waals surface area contributed by atoms with Crippen molar-refractivity contribution >= 4 is 17.6 Å². The predicted octanol–water partition coefficient (Wildman–Crippen LogP) is 2.73. The van der Waals surface area contributed by atoms with Gasteiger partial charge in [-0.15, -0.1) is 0 Å². The van der Waals surface area contributed by atoms with E-state index in [4.69, 9.17) is 11.6 Å². The van der Waals surface area contributed by atoms with Crippen molar-refractivity contribution in [3.63, 3.8) is 0 Å². The van der Waals surface area contributed by atoms with E-state index in [1.165, 1.54) is 0 Å². The van der Waals surface area contributed by atoms with Gasteiger partial charge in [0, 0.05) is 13.1 Å². The second-order valence-electron chi connectivity index (χ2n) is 5.47. The van der Waals surface area contributed by atoms with Gasteiger partial charge < -0.3 is 10.2 Å². The Hall–Kier alpha value is -1.26. The summed E-state index contributed by atoms with van der Waals surface area (Å²) in [4.78, 5) is 13.4. The van der Waals surface area contributed by atoms with Crippen molar-refractivity contribution in [2.75, 3.05) is 13.1 Å². The van der Waals surface area contributed by atoms with Crippen LogP contribution in [0.1, 0.15) is 25.3 Å². The summed E-state index contributed by atoms with van der Waals surface area (Å²) in [5, 5.41) is 19.0. The molecule has 104 valence electrons. The maximum atomic E-state index is 11.3. The van der Waals surface area contributed by atoms with Crippen LogP contribution < -0.4 is 0 Å². The first-order valence-corrected chi connectivity index (χ1v) is 6.72. The van der Waals surface area contributed by atoms with Gasteiger partial charge in [0.1, 0.15) is 5.75 Å². The first-order valence-electron chi connectivity index (χ1n) is 6.34. The topological polar surface area (TPSA) is 60.8 Å². The number of phenolic OH excluding ortho intramolecular Hbond substituents is 1. The third-order valence-corrected chi connectivity index (χ3v) is 4.01. The van der Waals surface area contributed by atoms with E-state index in [-0.39, 0.29) is 5.75 Å². The van der Waals surface area contributed by atoms with Crippen LogP contribution in [0.15, 0.2) is 18.2 Å². The van der Waals surface area contributed by atoms with E-state index in [0.29, 0.717) is 18.1 Å². The molecule has 1 fully saturated rings. The standard InChI is InChI=1S/C14H18ClNO3/c1-14(13(18)19)5-2-6-16(9-14)8-10-3-4-12(17)11(15)7-10/h3-4,7,17H,2,5-6,8-9H2,1H3,(H,18,19). The third-order valence-electron chi connectivity index (χ3n) is 3.71. The fourth-order valence-electron chi connectivity index (χ4n) is 2.56. The molecular formula is C14H18ClNO3. The zero-order chi connectivity index (χ0) is 14.0. The summed E-state index contributed by atoms with van der Waals surface area (Å²) < 4.78 is 0. The van der Waals surface area contributed by atoms with Crippen molar-refractivity contribution < 1.29 is 15.0 Å². The van der Waals surface area contributed by atoms with Gasteiger partial charge in [0.2, 0.25) is 0 Å². The van der Waals surface area contributed by atoms with Gasteiger partial charge in [-0.3, -0.25) is 9.69 Å². The third kappa shape index (κ3) is 3.19. The summed E-state index contributed by atoms with van der Waals surface area (Å²) in [6, 6.07) is 5.11. The first-order chi connectivity index (χ1) is 8.90. The molecule has 1 aliphatic rings. The zero-order valence-electron chi connectivity index (χ0n) is 10.9. The highest BCUT2D eigenvalue weighted by molar-refractivity contribution is 6.32. The number of benzene rings is 1. The molecule has 1 heterocycles. The number of rotatable bonds is 3. The maximum absolute atomic E-state index is 11.3. The number of carbonyl (C=O) groups is 1. The van der Waals surface area contributed by atoms with Gasteiger partial charge in [0.15, 0.2) is 0 Å². The van der Waals surface area contributed by atoms with Crippen LogP contribution in [0.25, 0.3) is 0 Å². The number of likely N-dealkylation sites (tertiary alicyclic amines) is 1. The number of halogens is 1. The number of hydrogen-bond acceptors (Lipinski definition) is 3. The molecule has 0 radical (unpaired) electrons. The minimum Gasteiger partial charge on any atom is -0.506 e. The van der Waals surface area contributed by atoms with Gasteiger partial charge in [-0.1, -0.05) is 17.7 Å². The molecule has 1 aromatic carbocycles. The zero-order valence-corrected chi connectivity index (χ0v) is 11.7. The maximum Gasteiger partial charge on any atom is 0.310 e. The van der Waals surface area contributed by atoms with E-state index in [1.807, 2.05) is 6.07 Å². The molecule has 1 saturated heterocycles. The van der Waals surface area contributed by atoms with Gasteiger partial charge in [0.25, 0.3) is 0 Å². The van der Waals surface area contributed by atoms with Crippen LogP contribution in [0, 0.1) is 5.41 Å². The molecule has 4 nitrogen and oxygen atoms in total. The Morgan fingerprint density at radius 3 is 2.89 bits per heavy atom. The summed E-state index contributed by atoms with van der Waals surface area (Å²) in [7, 11) is 0. The minimum atomic E-state index is -0.735. The van der Waals surface area contributed by atoms with Crippen molar-refractivity contribution in [2.45, 2.75) is 26.3 Å². The Labute approximate surface area is 117 Å². The fraction of sp³-hybridized carbons (Fsp3) is 0.500. The van der Waals surface area contributed by atoms with Crippen molar-refractivity contribution in [1.82, 2.24) is 4.90 Å². The highest BCUT2D eigenvalue weighted by Crippen LogP contribution is 2.31. The van der Waals surface area contributed by atoms with Crippen molar-refractivity contribution in [1.29, 1.82) is 0 Å². The quantitative estimate of drug-likeness (QED) is 0.895. The molecule has 1 atom stereocenters. The molecule has 1 aromatic rings. The lowest BCUT2D eigenvalue weighted by molar-refractivity contribution is -0.151. The van der Waals surface area contributed by atoms with Crippen molar-refractivity contribution in [3.05, 3.63) is 28.8 Å². The molecule has 5 heteroatoms. The molecule has 2 N–H and O–H groups in total. The first kappa shape index (κ1) is 14.2. The van der Waals surface area contributed by atoms with Crippen LogP contribution in [0.4, 0.5) is 0 Å². The Morgan fingerprint density at radius 1 is 1.53 bits per heavy atom. The van der Waals surface area contributed by atoms with Crippen LogP contribution in [0.2, 0.25) is 5.02 Å². The number of nitrogens with zero attached hydrogens (tertiary/aromatic N) is 1. The molecule has 1 unspecified atom stereocenters. The van der Waals surface area contributed by atoms with Crippen LogP contribution in [0.3, 0.4) is 0 Å². The molecule has 19 heavy (non-hydrogen) atoms. The number of piperidine rings is 1. The Bertz CT molecular complexity index is 492. The summed E-state index contributed by atoms with van der Waals surface area (Å²) >= 11 is 5.88. The number of hydrogen-bond donors (Lipinski definition) is 2. The van der Waals surface area contributed by atoms with E-state index in [0.717, 1.165) is 24.9 Å². The number of carboxylic acid groups (broad SMARTS) is 1. The van der Waals surface area contributed by atoms with Crippen molar-refractivity contribution in [3.8, 4) is 5.75 Å². The highest BCUT2D eigenvalue weighted by Gasteiger charge is 2.37. The Balaban J connectivity index is 2.06. The monoisotopic (exact) mass is 283 g/mol. The minimum absolute atomic E-state index is 0.0689. The molecule has 0 amide bonds. The average molecular weight is 284 g/mol. The van der Waals surface area contributed by atoms with Crippen molar-refractivity contribution in [2.24, 2.45) is 5.41 Å². The highest BCUT2D eigenvalue weighted by atomic mass is 35.5. The smallest absolute Gasteiger partial charge is 0.310 e.